The van der Waals surface area contributed by atoms with Crippen LogP contribution in [-0.2, 0) is 14.8 Å². The highest BCUT2D eigenvalue weighted by atomic mass is 32.2. The molecule has 0 fully saturated rings. The summed E-state index contributed by atoms with van der Waals surface area (Å²) >= 11 is 0. The Morgan fingerprint density at radius 2 is 1.82 bits per heavy atom. The van der Waals surface area contributed by atoms with Gasteiger partial charge >= 0.3 is 0 Å². The number of anilines is 1. The predicted octanol–water partition coefficient (Wildman–Crippen LogP) is 2.99. The molecule has 0 radical (unpaired) electrons. The Balaban J connectivity index is 1.78. The fourth-order valence-corrected chi connectivity index (χ4v) is 5.01. The van der Waals surface area contributed by atoms with E-state index in [1.807, 2.05) is 19.9 Å². The van der Waals surface area contributed by atoms with Crippen LogP contribution in [0.1, 0.15) is 38.1 Å². The minimum atomic E-state index is -3.71. The number of carbonyl (C=O) groups excluding carboxylic acids is 2. The number of carbonyl (C=O) groups is 2. The minimum Gasteiger partial charge on any atom is -0.340 e. The van der Waals surface area contributed by atoms with Gasteiger partial charge in [-0.2, -0.15) is 9.40 Å². The normalized spacial score (nSPS) is 12.8. The number of benzene rings is 2. The molecule has 0 spiro atoms. The Labute approximate surface area is 193 Å². The molecular formula is C23H29N5O4S. The van der Waals surface area contributed by atoms with Gasteiger partial charge < -0.3 is 10.6 Å². The molecule has 0 aliphatic rings. The van der Waals surface area contributed by atoms with E-state index in [2.05, 4.69) is 20.8 Å². The van der Waals surface area contributed by atoms with E-state index in [0.717, 1.165) is 10.9 Å². The minimum absolute atomic E-state index is 0.0396. The summed E-state index contributed by atoms with van der Waals surface area (Å²) < 4.78 is 26.9. The molecule has 3 aromatic rings. The van der Waals surface area contributed by atoms with Crippen LogP contribution in [-0.4, -0.2) is 53.9 Å². The number of hydrogen-bond donors (Lipinski definition) is 3. The molecule has 0 aliphatic heterocycles. The maximum Gasteiger partial charge on any atom is 0.251 e. The molecule has 10 heteroatoms. The van der Waals surface area contributed by atoms with E-state index < -0.39 is 22.0 Å². The number of aromatic nitrogens is 2. The van der Waals surface area contributed by atoms with Crippen molar-refractivity contribution in [2.24, 2.45) is 5.92 Å². The van der Waals surface area contributed by atoms with Crippen LogP contribution in [0.3, 0.4) is 0 Å². The number of nitrogens with zero attached hydrogens (tertiary/aromatic N) is 2. The quantitative estimate of drug-likeness (QED) is 0.443. The summed E-state index contributed by atoms with van der Waals surface area (Å²) in [5, 5.41) is 13.2. The van der Waals surface area contributed by atoms with E-state index >= 15 is 0 Å². The summed E-state index contributed by atoms with van der Waals surface area (Å²) in [6, 6.07) is 10.4. The van der Waals surface area contributed by atoms with Crippen LogP contribution in [0.15, 0.2) is 53.6 Å². The molecule has 2 aromatic carbocycles. The van der Waals surface area contributed by atoms with E-state index in [0.29, 0.717) is 18.8 Å². The summed E-state index contributed by atoms with van der Waals surface area (Å²) in [5.41, 5.74) is 1.60. The molecule has 0 saturated heterocycles. The smallest absolute Gasteiger partial charge is 0.251 e. The number of aromatic amines is 1. The molecule has 1 heterocycles. The molecule has 0 saturated carbocycles. The first-order valence-corrected chi connectivity index (χ1v) is 12.3. The number of H-pyrrole nitrogens is 1. The van der Waals surface area contributed by atoms with Gasteiger partial charge in [0.15, 0.2) is 0 Å². The van der Waals surface area contributed by atoms with Gasteiger partial charge in [-0.05, 0) is 42.3 Å². The van der Waals surface area contributed by atoms with E-state index in [-0.39, 0.29) is 22.3 Å². The zero-order chi connectivity index (χ0) is 24.2. The molecule has 3 N–H and O–H groups in total. The molecule has 0 bridgehead atoms. The second-order valence-corrected chi connectivity index (χ2v) is 9.91. The third-order valence-corrected chi connectivity index (χ3v) is 7.43. The number of rotatable bonds is 9. The third kappa shape index (κ3) is 5.40. The maximum atomic E-state index is 12.9. The van der Waals surface area contributed by atoms with Crippen LogP contribution >= 0.6 is 0 Å². The van der Waals surface area contributed by atoms with Gasteiger partial charge in [0.05, 0.1) is 16.6 Å². The van der Waals surface area contributed by atoms with Crippen molar-refractivity contribution < 1.29 is 18.0 Å². The first-order valence-electron chi connectivity index (χ1n) is 10.8. The molecule has 0 aliphatic carbocycles. The van der Waals surface area contributed by atoms with Gasteiger partial charge in [-0.3, -0.25) is 14.7 Å². The fraction of sp³-hybridized carbons (Fsp3) is 0.348. The van der Waals surface area contributed by atoms with Crippen molar-refractivity contribution in [3.63, 3.8) is 0 Å². The van der Waals surface area contributed by atoms with E-state index in [4.69, 9.17) is 0 Å². The summed E-state index contributed by atoms with van der Waals surface area (Å²) in [6.07, 6.45) is 1.66. The summed E-state index contributed by atoms with van der Waals surface area (Å²) in [7, 11) is -3.71. The van der Waals surface area contributed by atoms with Crippen LogP contribution in [0.2, 0.25) is 0 Å². The van der Waals surface area contributed by atoms with E-state index in [1.165, 1.54) is 28.6 Å². The van der Waals surface area contributed by atoms with Gasteiger partial charge in [0.25, 0.3) is 5.91 Å². The lowest BCUT2D eigenvalue weighted by atomic mass is 10.0. The summed E-state index contributed by atoms with van der Waals surface area (Å²) in [4.78, 5) is 25.9. The van der Waals surface area contributed by atoms with E-state index in [9.17, 15) is 18.0 Å². The van der Waals surface area contributed by atoms with Crippen molar-refractivity contribution >= 4 is 38.4 Å². The van der Waals surface area contributed by atoms with Gasteiger partial charge in [-0.1, -0.05) is 33.8 Å². The van der Waals surface area contributed by atoms with Gasteiger partial charge in [-0.25, -0.2) is 8.42 Å². The third-order valence-electron chi connectivity index (χ3n) is 5.38. The molecule has 2 amide bonds. The van der Waals surface area contributed by atoms with Gasteiger partial charge in [0, 0.05) is 29.7 Å². The van der Waals surface area contributed by atoms with Crippen LogP contribution < -0.4 is 10.6 Å². The Bertz CT molecular complexity index is 1250. The van der Waals surface area contributed by atoms with Crippen molar-refractivity contribution in [1.29, 1.82) is 0 Å². The highest BCUT2D eigenvalue weighted by molar-refractivity contribution is 7.89. The lowest BCUT2D eigenvalue weighted by Crippen LogP contribution is -2.47. The van der Waals surface area contributed by atoms with E-state index in [1.54, 1.807) is 32.2 Å². The second kappa shape index (κ2) is 10.1. The Hall–Kier alpha value is -3.24. The number of amides is 2. The average Bonchev–Trinajstić information content (AvgIpc) is 3.25. The Morgan fingerprint density at radius 1 is 1.09 bits per heavy atom. The monoisotopic (exact) mass is 471 g/mol. The van der Waals surface area contributed by atoms with Crippen molar-refractivity contribution in [3.05, 3.63) is 54.2 Å². The Morgan fingerprint density at radius 3 is 2.48 bits per heavy atom. The standard InChI is InChI=1S/C23H29N5O4S/c1-5-28(6-2)33(31,32)19-9-7-8-16(13-19)22(29)26-21(15(3)4)23(30)25-18-10-11-20-17(12-18)14-24-27-20/h7-15,21H,5-6H2,1-4H3,(H,24,27)(H,25,30)(H,26,29)/t21-/m1/s1. The van der Waals surface area contributed by atoms with Crippen LogP contribution in [0.5, 0.6) is 0 Å². The first kappa shape index (κ1) is 24.4. The lowest BCUT2D eigenvalue weighted by molar-refractivity contribution is -0.118. The number of nitrogens with one attached hydrogen (secondary N) is 3. The zero-order valence-corrected chi connectivity index (χ0v) is 19.9. The number of sulfonamides is 1. The predicted molar refractivity (Wildman–Crippen MR) is 127 cm³/mol. The summed E-state index contributed by atoms with van der Waals surface area (Å²) in [5.74, 6) is -1.09. The SMILES string of the molecule is CCN(CC)S(=O)(=O)c1cccc(C(=O)N[C@@H](C(=O)Nc2ccc3[nH]ncc3c2)C(C)C)c1. The maximum absolute atomic E-state index is 12.9. The molecule has 176 valence electrons. The second-order valence-electron chi connectivity index (χ2n) is 7.97. The topological polar surface area (TPSA) is 124 Å². The van der Waals surface area contributed by atoms with Crippen molar-refractivity contribution in [1.82, 2.24) is 19.8 Å². The largest absolute Gasteiger partial charge is 0.340 e. The highest BCUT2D eigenvalue weighted by Gasteiger charge is 2.26. The average molecular weight is 472 g/mol. The van der Waals surface area contributed by atoms with Crippen LogP contribution in [0.25, 0.3) is 10.9 Å². The highest BCUT2D eigenvalue weighted by Crippen LogP contribution is 2.19. The van der Waals surface area contributed by atoms with Gasteiger partial charge in [0.2, 0.25) is 15.9 Å². The molecule has 9 nitrogen and oxygen atoms in total. The summed E-state index contributed by atoms with van der Waals surface area (Å²) in [6.45, 7) is 7.82. The fourth-order valence-electron chi connectivity index (χ4n) is 3.51. The molecule has 1 aromatic heterocycles. The van der Waals surface area contributed by atoms with Crippen molar-refractivity contribution in [3.8, 4) is 0 Å². The van der Waals surface area contributed by atoms with Crippen molar-refractivity contribution in [2.75, 3.05) is 18.4 Å². The van der Waals surface area contributed by atoms with Crippen molar-refractivity contribution in [2.45, 2.75) is 38.6 Å². The van der Waals surface area contributed by atoms with Gasteiger partial charge in [-0.15, -0.1) is 0 Å². The first-order chi connectivity index (χ1) is 15.7. The molecule has 0 unspecified atom stereocenters. The van der Waals surface area contributed by atoms with Crippen LogP contribution in [0, 0.1) is 5.92 Å². The molecule has 3 rings (SSSR count). The zero-order valence-electron chi connectivity index (χ0n) is 19.1. The Kier molecular flexibility index (Phi) is 7.50. The molecule has 1 atom stereocenters. The van der Waals surface area contributed by atoms with Crippen LogP contribution in [0.4, 0.5) is 5.69 Å². The number of fused-ring (bicyclic) bond motifs is 1. The van der Waals surface area contributed by atoms with Gasteiger partial charge in [0.1, 0.15) is 6.04 Å². The molecular weight excluding hydrogens is 442 g/mol. The lowest BCUT2D eigenvalue weighted by Gasteiger charge is -2.22. The molecule has 33 heavy (non-hydrogen) atoms. The number of hydrogen-bond acceptors (Lipinski definition) is 5.